The Morgan fingerprint density at radius 3 is 2.48 bits per heavy atom. The topological polar surface area (TPSA) is 41.9 Å². The molecule has 4 rings (SSSR count). The maximum absolute atomic E-state index is 13.0. The quantitative estimate of drug-likeness (QED) is 0.556. The number of benzene rings is 3. The normalized spacial score (nSPS) is 15.0. The second kappa shape index (κ2) is 8.15. The summed E-state index contributed by atoms with van der Waals surface area (Å²) in [6, 6.07) is 25.4. The van der Waals surface area contributed by atoms with Crippen LogP contribution < -0.4 is 9.75 Å². The predicted molar refractivity (Wildman–Crippen MR) is 117 cm³/mol. The third-order valence-corrected chi connectivity index (χ3v) is 4.76. The summed E-state index contributed by atoms with van der Waals surface area (Å²) in [5.41, 5.74) is 5.17. The minimum absolute atomic E-state index is 0.137. The van der Waals surface area contributed by atoms with E-state index in [0.717, 1.165) is 22.6 Å². The van der Waals surface area contributed by atoms with Crippen LogP contribution in [0.15, 0.2) is 89.5 Å². The number of anilines is 1. The highest BCUT2D eigenvalue weighted by Gasteiger charge is 2.28. The van der Waals surface area contributed by atoms with E-state index in [-0.39, 0.29) is 5.91 Å². The van der Waals surface area contributed by atoms with Gasteiger partial charge < -0.3 is 4.74 Å². The highest BCUT2D eigenvalue weighted by atomic mass is 16.5. The number of carbonyl (C=O) groups excluding carboxylic acids is 1. The van der Waals surface area contributed by atoms with Gasteiger partial charge in [-0.3, -0.25) is 4.79 Å². The molecule has 4 heteroatoms. The van der Waals surface area contributed by atoms with Gasteiger partial charge in [-0.05, 0) is 43.7 Å². The van der Waals surface area contributed by atoms with Crippen LogP contribution in [-0.2, 0) is 11.4 Å². The van der Waals surface area contributed by atoms with E-state index in [9.17, 15) is 4.79 Å². The Bertz CT molecular complexity index is 1100. The minimum Gasteiger partial charge on any atom is -0.488 e. The lowest BCUT2D eigenvalue weighted by molar-refractivity contribution is -0.114. The van der Waals surface area contributed by atoms with Crippen LogP contribution in [0.2, 0.25) is 0 Å². The molecule has 0 bridgehead atoms. The first-order valence-corrected chi connectivity index (χ1v) is 9.56. The van der Waals surface area contributed by atoms with Crippen LogP contribution in [0.3, 0.4) is 0 Å². The van der Waals surface area contributed by atoms with Crippen molar-refractivity contribution in [1.29, 1.82) is 0 Å². The van der Waals surface area contributed by atoms with E-state index in [2.05, 4.69) is 24.2 Å². The molecule has 1 aliphatic rings. The van der Waals surface area contributed by atoms with Crippen LogP contribution >= 0.6 is 0 Å². The van der Waals surface area contributed by atoms with E-state index in [1.54, 1.807) is 0 Å². The zero-order valence-corrected chi connectivity index (χ0v) is 16.5. The van der Waals surface area contributed by atoms with Gasteiger partial charge in [0.1, 0.15) is 12.4 Å². The smallest absolute Gasteiger partial charge is 0.280 e. The molecule has 29 heavy (non-hydrogen) atoms. The first kappa shape index (κ1) is 18.7. The second-order valence-corrected chi connectivity index (χ2v) is 7.01. The molecule has 0 radical (unpaired) electrons. The minimum atomic E-state index is -0.137. The molecule has 0 saturated carbocycles. The molecule has 4 nitrogen and oxygen atoms in total. The lowest BCUT2D eigenvalue weighted by atomic mass is 10.1. The van der Waals surface area contributed by atoms with Gasteiger partial charge in [0, 0.05) is 5.56 Å². The van der Waals surface area contributed by atoms with Gasteiger partial charge in [0.2, 0.25) is 0 Å². The number of hydrogen-bond donors (Lipinski definition) is 0. The molecular weight excluding hydrogens is 360 g/mol. The van der Waals surface area contributed by atoms with Gasteiger partial charge in [0.05, 0.1) is 17.0 Å². The summed E-state index contributed by atoms with van der Waals surface area (Å²) in [4.78, 5) is 13.0. The molecule has 3 aromatic carbocycles. The molecule has 0 saturated heterocycles. The standard InChI is InChI=1S/C25H22N2O2/c1-18-9-8-10-20(15-18)17-29-24-14-7-6-11-21(24)16-23-19(2)26-27(25(23)28)22-12-4-3-5-13-22/h3-16H,17H2,1-2H3/b23-16+. The van der Waals surface area contributed by atoms with E-state index in [4.69, 9.17) is 4.74 Å². The number of hydrogen-bond acceptors (Lipinski definition) is 3. The average Bonchev–Trinajstić information content (AvgIpc) is 3.02. The molecular formula is C25H22N2O2. The van der Waals surface area contributed by atoms with E-state index in [0.29, 0.717) is 17.9 Å². The molecule has 0 aliphatic carbocycles. The van der Waals surface area contributed by atoms with Crippen LogP contribution in [0.1, 0.15) is 23.6 Å². The summed E-state index contributed by atoms with van der Waals surface area (Å²) >= 11 is 0. The summed E-state index contributed by atoms with van der Waals surface area (Å²) in [6.45, 7) is 4.39. The summed E-state index contributed by atoms with van der Waals surface area (Å²) < 4.78 is 6.06. The Balaban J connectivity index is 1.58. The van der Waals surface area contributed by atoms with Crippen molar-refractivity contribution in [2.24, 2.45) is 5.10 Å². The van der Waals surface area contributed by atoms with E-state index in [1.165, 1.54) is 10.6 Å². The van der Waals surface area contributed by atoms with Crippen LogP contribution in [-0.4, -0.2) is 11.6 Å². The van der Waals surface area contributed by atoms with Crippen molar-refractivity contribution in [2.45, 2.75) is 20.5 Å². The largest absolute Gasteiger partial charge is 0.488 e. The lowest BCUT2D eigenvalue weighted by Crippen LogP contribution is -2.21. The van der Waals surface area contributed by atoms with Crippen molar-refractivity contribution in [3.05, 3.63) is 101 Å². The van der Waals surface area contributed by atoms with Gasteiger partial charge in [-0.15, -0.1) is 0 Å². The lowest BCUT2D eigenvalue weighted by Gasteiger charge is -2.12. The number of rotatable bonds is 5. The Hall–Kier alpha value is -3.66. The van der Waals surface area contributed by atoms with Crippen molar-refractivity contribution in [3.63, 3.8) is 0 Å². The number of para-hydroxylation sites is 2. The fourth-order valence-electron chi connectivity index (χ4n) is 3.28. The molecule has 0 unspecified atom stereocenters. The van der Waals surface area contributed by atoms with E-state index in [1.807, 2.05) is 79.7 Å². The highest BCUT2D eigenvalue weighted by Crippen LogP contribution is 2.28. The molecule has 0 fully saturated rings. The number of nitrogens with zero attached hydrogens (tertiary/aromatic N) is 2. The van der Waals surface area contributed by atoms with Crippen molar-refractivity contribution in [3.8, 4) is 5.75 Å². The van der Waals surface area contributed by atoms with Crippen molar-refractivity contribution >= 4 is 23.4 Å². The molecule has 0 spiro atoms. The van der Waals surface area contributed by atoms with E-state index < -0.39 is 0 Å². The van der Waals surface area contributed by atoms with E-state index >= 15 is 0 Å². The van der Waals surface area contributed by atoms with Gasteiger partial charge in [-0.2, -0.15) is 10.1 Å². The predicted octanol–water partition coefficient (Wildman–Crippen LogP) is 5.38. The molecule has 0 N–H and O–H groups in total. The maximum Gasteiger partial charge on any atom is 0.280 e. The molecule has 1 amide bonds. The molecule has 0 atom stereocenters. The van der Waals surface area contributed by atoms with Crippen LogP contribution in [0.5, 0.6) is 5.75 Å². The summed E-state index contributed by atoms with van der Waals surface area (Å²) in [5.74, 6) is 0.599. The number of carbonyl (C=O) groups is 1. The zero-order valence-electron chi connectivity index (χ0n) is 16.5. The Labute approximate surface area is 170 Å². The average molecular weight is 382 g/mol. The Morgan fingerprint density at radius 2 is 1.69 bits per heavy atom. The zero-order chi connectivity index (χ0) is 20.2. The molecule has 1 aliphatic heterocycles. The van der Waals surface area contributed by atoms with Gasteiger partial charge in [0.15, 0.2) is 0 Å². The van der Waals surface area contributed by atoms with Crippen LogP contribution in [0, 0.1) is 6.92 Å². The van der Waals surface area contributed by atoms with Gasteiger partial charge in [-0.1, -0.05) is 66.2 Å². The summed E-state index contributed by atoms with van der Waals surface area (Å²) in [5, 5.41) is 5.88. The van der Waals surface area contributed by atoms with Crippen LogP contribution in [0.25, 0.3) is 6.08 Å². The fraction of sp³-hybridized carbons (Fsp3) is 0.120. The molecule has 144 valence electrons. The van der Waals surface area contributed by atoms with Crippen molar-refractivity contribution in [1.82, 2.24) is 0 Å². The number of ether oxygens (including phenoxy) is 1. The first-order chi connectivity index (χ1) is 14.1. The maximum atomic E-state index is 13.0. The van der Waals surface area contributed by atoms with Gasteiger partial charge in [-0.25, -0.2) is 0 Å². The van der Waals surface area contributed by atoms with Crippen molar-refractivity contribution < 1.29 is 9.53 Å². The SMILES string of the molecule is CC1=NN(c2ccccc2)C(=O)/C1=C/c1ccccc1OCc1cccc(C)c1. The Kier molecular flexibility index (Phi) is 5.25. The third-order valence-electron chi connectivity index (χ3n) is 4.76. The summed E-state index contributed by atoms with van der Waals surface area (Å²) in [6.07, 6.45) is 1.86. The second-order valence-electron chi connectivity index (χ2n) is 7.01. The van der Waals surface area contributed by atoms with Crippen LogP contribution in [0.4, 0.5) is 5.69 Å². The Morgan fingerprint density at radius 1 is 0.931 bits per heavy atom. The highest BCUT2D eigenvalue weighted by molar-refractivity contribution is 6.32. The monoisotopic (exact) mass is 382 g/mol. The molecule has 0 aromatic heterocycles. The van der Waals surface area contributed by atoms with Gasteiger partial charge in [0.25, 0.3) is 5.91 Å². The van der Waals surface area contributed by atoms with Crippen molar-refractivity contribution in [2.75, 3.05) is 5.01 Å². The fourth-order valence-corrected chi connectivity index (χ4v) is 3.28. The number of hydrazone groups is 1. The first-order valence-electron chi connectivity index (χ1n) is 9.56. The number of aryl methyl sites for hydroxylation is 1. The number of amides is 1. The summed E-state index contributed by atoms with van der Waals surface area (Å²) in [7, 11) is 0. The molecule has 1 heterocycles. The van der Waals surface area contributed by atoms with Gasteiger partial charge >= 0.3 is 0 Å². The molecule has 3 aromatic rings. The third kappa shape index (κ3) is 4.11.